The number of aromatic nitrogens is 2. The van der Waals surface area contributed by atoms with Gasteiger partial charge in [-0.05, 0) is 53.5 Å². The van der Waals surface area contributed by atoms with Crippen molar-refractivity contribution in [2.24, 2.45) is 0 Å². The minimum Gasteiger partial charge on any atom is -0.369 e. The summed E-state index contributed by atoms with van der Waals surface area (Å²) >= 11 is 7.00. The highest BCUT2D eigenvalue weighted by Gasteiger charge is 2.08. The van der Waals surface area contributed by atoms with Crippen LogP contribution in [-0.4, -0.2) is 16.5 Å². The standard InChI is InChI=1S/C13H14Br2N4/c1-3-16-12-11(15)13(18-7-17-12)19-9-4-5-10(14)8(2)6-9/h4-7H,3H2,1-2H3,(H2,16,17,18,19). The quantitative estimate of drug-likeness (QED) is 0.814. The lowest BCUT2D eigenvalue weighted by molar-refractivity contribution is 1.10. The van der Waals surface area contributed by atoms with Crippen LogP contribution in [0.15, 0.2) is 33.5 Å². The highest BCUT2D eigenvalue weighted by molar-refractivity contribution is 9.11. The summed E-state index contributed by atoms with van der Waals surface area (Å²) in [6.07, 6.45) is 1.54. The molecule has 0 radical (unpaired) electrons. The van der Waals surface area contributed by atoms with Crippen LogP contribution in [0.4, 0.5) is 17.3 Å². The van der Waals surface area contributed by atoms with Gasteiger partial charge < -0.3 is 10.6 Å². The van der Waals surface area contributed by atoms with Gasteiger partial charge >= 0.3 is 0 Å². The molecule has 0 saturated heterocycles. The summed E-state index contributed by atoms with van der Waals surface area (Å²) in [4.78, 5) is 8.43. The van der Waals surface area contributed by atoms with E-state index in [1.165, 1.54) is 11.9 Å². The fraction of sp³-hybridized carbons (Fsp3) is 0.231. The maximum atomic E-state index is 4.25. The zero-order chi connectivity index (χ0) is 13.8. The first-order chi connectivity index (χ1) is 9.11. The topological polar surface area (TPSA) is 49.8 Å². The van der Waals surface area contributed by atoms with Gasteiger partial charge in [-0.3, -0.25) is 0 Å². The van der Waals surface area contributed by atoms with Crippen molar-refractivity contribution >= 4 is 49.2 Å². The number of benzene rings is 1. The van der Waals surface area contributed by atoms with E-state index in [1.54, 1.807) is 0 Å². The Labute approximate surface area is 129 Å². The minimum atomic E-state index is 0.743. The van der Waals surface area contributed by atoms with Gasteiger partial charge in [0.2, 0.25) is 0 Å². The molecule has 0 aliphatic heterocycles. The van der Waals surface area contributed by atoms with Gasteiger partial charge in [-0.25, -0.2) is 9.97 Å². The molecule has 4 nitrogen and oxygen atoms in total. The van der Waals surface area contributed by atoms with Gasteiger partial charge in [-0.2, -0.15) is 0 Å². The smallest absolute Gasteiger partial charge is 0.150 e. The van der Waals surface area contributed by atoms with E-state index in [9.17, 15) is 0 Å². The maximum absolute atomic E-state index is 4.25. The lowest BCUT2D eigenvalue weighted by atomic mass is 10.2. The summed E-state index contributed by atoms with van der Waals surface area (Å²) in [6.45, 7) is 4.89. The molecule has 1 aromatic carbocycles. The second-order valence-electron chi connectivity index (χ2n) is 4.00. The van der Waals surface area contributed by atoms with Crippen molar-refractivity contribution in [1.82, 2.24) is 9.97 Å². The molecule has 1 heterocycles. The van der Waals surface area contributed by atoms with Crippen LogP contribution in [0.3, 0.4) is 0 Å². The molecule has 6 heteroatoms. The van der Waals surface area contributed by atoms with E-state index in [0.717, 1.165) is 32.8 Å². The summed E-state index contributed by atoms with van der Waals surface area (Å²) in [5, 5.41) is 6.46. The monoisotopic (exact) mass is 384 g/mol. The SMILES string of the molecule is CCNc1ncnc(Nc2ccc(Br)c(C)c2)c1Br. The predicted molar refractivity (Wildman–Crippen MR) is 86.1 cm³/mol. The van der Waals surface area contributed by atoms with Gasteiger partial charge in [0.1, 0.15) is 22.4 Å². The number of nitrogens with zero attached hydrogens (tertiary/aromatic N) is 2. The molecule has 0 unspecified atom stereocenters. The molecule has 2 rings (SSSR count). The van der Waals surface area contributed by atoms with Gasteiger partial charge in [0, 0.05) is 16.7 Å². The van der Waals surface area contributed by atoms with Crippen LogP contribution < -0.4 is 10.6 Å². The molecule has 0 atom stereocenters. The number of nitrogens with one attached hydrogen (secondary N) is 2. The summed E-state index contributed by atoms with van der Waals surface area (Å²) in [5.74, 6) is 1.53. The van der Waals surface area contributed by atoms with E-state index in [2.05, 4.69) is 58.5 Å². The number of aryl methyl sites for hydroxylation is 1. The molecule has 0 fully saturated rings. The third kappa shape index (κ3) is 3.45. The Morgan fingerprint density at radius 2 is 1.89 bits per heavy atom. The summed E-state index contributed by atoms with van der Waals surface area (Å²) in [7, 11) is 0. The van der Waals surface area contributed by atoms with E-state index in [0.29, 0.717) is 0 Å². The number of hydrogen-bond acceptors (Lipinski definition) is 4. The minimum absolute atomic E-state index is 0.743. The van der Waals surface area contributed by atoms with Gasteiger partial charge in [0.25, 0.3) is 0 Å². The first kappa shape index (κ1) is 14.3. The van der Waals surface area contributed by atoms with Crippen molar-refractivity contribution in [2.75, 3.05) is 17.2 Å². The van der Waals surface area contributed by atoms with Gasteiger partial charge in [0.15, 0.2) is 0 Å². The third-order valence-corrected chi connectivity index (χ3v) is 4.20. The Balaban J connectivity index is 2.27. The zero-order valence-corrected chi connectivity index (χ0v) is 13.8. The highest BCUT2D eigenvalue weighted by atomic mass is 79.9. The predicted octanol–water partition coefficient (Wildman–Crippen LogP) is 4.49. The van der Waals surface area contributed by atoms with Crippen molar-refractivity contribution in [1.29, 1.82) is 0 Å². The van der Waals surface area contributed by atoms with Crippen molar-refractivity contribution < 1.29 is 0 Å². The third-order valence-electron chi connectivity index (χ3n) is 2.55. The second-order valence-corrected chi connectivity index (χ2v) is 5.65. The Hall–Kier alpha value is -1.14. The fourth-order valence-electron chi connectivity index (χ4n) is 1.61. The maximum Gasteiger partial charge on any atom is 0.150 e. The number of halogens is 2. The van der Waals surface area contributed by atoms with Crippen LogP contribution in [0.25, 0.3) is 0 Å². The van der Waals surface area contributed by atoms with E-state index in [4.69, 9.17) is 0 Å². The first-order valence-electron chi connectivity index (χ1n) is 5.89. The Kier molecular flexibility index (Phi) is 4.76. The molecule has 0 aliphatic carbocycles. The van der Waals surface area contributed by atoms with Crippen LogP contribution in [0.5, 0.6) is 0 Å². The van der Waals surface area contributed by atoms with Crippen molar-refractivity contribution in [3.63, 3.8) is 0 Å². The zero-order valence-electron chi connectivity index (χ0n) is 10.7. The summed E-state index contributed by atoms with van der Waals surface area (Å²) < 4.78 is 1.92. The van der Waals surface area contributed by atoms with Crippen molar-refractivity contribution in [3.05, 3.63) is 39.0 Å². The van der Waals surface area contributed by atoms with Crippen LogP contribution in [0, 0.1) is 6.92 Å². The van der Waals surface area contributed by atoms with Crippen LogP contribution >= 0.6 is 31.9 Å². The lowest BCUT2D eigenvalue weighted by Gasteiger charge is -2.11. The first-order valence-corrected chi connectivity index (χ1v) is 7.48. The molecule has 0 bridgehead atoms. The number of hydrogen-bond donors (Lipinski definition) is 2. The van der Waals surface area contributed by atoms with E-state index < -0.39 is 0 Å². The van der Waals surface area contributed by atoms with E-state index in [-0.39, 0.29) is 0 Å². The van der Waals surface area contributed by atoms with Gasteiger partial charge in [-0.1, -0.05) is 15.9 Å². The average Bonchev–Trinajstić information content (AvgIpc) is 2.39. The Morgan fingerprint density at radius 1 is 1.16 bits per heavy atom. The molecule has 0 saturated carbocycles. The molecule has 19 heavy (non-hydrogen) atoms. The highest BCUT2D eigenvalue weighted by Crippen LogP contribution is 2.29. The Morgan fingerprint density at radius 3 is 2.58 bits per heavy atom. The van der Waals surface area contributed by atoms with Crippen LogP contribution in [0.1, 0.15) is 12.5 Å². The molecule has 0 spiro atoms. The lowest BCUT2D eigenvalue weighted by Crippen LogP contribution is -2.03. The molecule has 100 valence electrons. The number of anilines is 3. The fourth-order valence-corrected chi connectivity index (χ4v) is 2.30. The molecule has 0 amide bonds. The Bertz CT molecular complexity index is 587. The average molecular weight is 386 g/mol. The summed E-state index contributed by atoms with van der Waals surface area (Å²) in [6, 6.07) is 6.07. The summed E-state index contributed by atoms with van der Waals surface area (Å²) in [5.41, 5.74) is 2.16. The normalized spacial score (nSPS) is 10.3. The molecule has 2 N–H and O–H groups in total. The number of rotatable bonds is 4. The van der Waals surface area contributed by atoms with Gasteiger partial charge in [0.05, 0.1) is 0 Å². The largest absolute Gasteiger partial charge is 0.369 e. The second kappa shape index (κ2) is 6.34. The molecular formula is C13H14Br2N4. The van der Waals surface area contributed by atoms with E-state index >= 15 is 0 Å². The van der Waals surface area contributed by atoms with Crippen LogP contribution in [0.2, 0.25) is 0 Å². The van der Waals surface area contributed by atoms with Crippen LogP contribution in [-0.2, 0) is 0 Å². The van der Waals surface area contributed by atoms with E-state index in [1.807, 2.05) is 26.0 Å². The molecule has 2 aromatic rings. The van der Waals surface area contributed by atoms with Gasteiger partial charge in [-0.15, -0.1) is 0 Å². The molecule has 1 aromatic heterocycles. The van der Waals surface area contributed by atoms with Crippen molar-refractivity contribution in [3.8, 4) is 0 Å². The molecule has 0 aliphatic rings. The molecular weight excluding hydrogens is 372 g/mol. The van der Waals surface area contributed by atoms with Crippen molar-refractivity contribution in [2.45, 2.75) is 13.8 Å².